The number of nitrogens with one attached hydrogen (secondary N) is 1. The van der Waals surface area contributed by atoms with E-state index >= 15 is 0 Å². The first-order chi connectivity index (χ1) is 10.2. The molecule has 0 saturated heterocycles. The first-order valence-electron chi connectivity index (χ1n) is 7.85. The van der Waals surface area contributed by atoms with Crippen LogP contribution in [0.4, 0.5) is 0 Å². The largest absolute Gasteiger partial charge is 0.368 e. The predicted octanol–water partition coefficient (Wildman–Crippen LogP) is 1.19. The lowest BCUT2D eigenvalue weighted by atomic mass is 10.3. The molecule has 114 valence electrons. The number of rotatable bonds is 8. The van der Waals surface area contributed by atoms with E-state index in [-0.39, 0.29) is 11.9 Å². The van der Waals surface area contributed by atoms with Crippen LogP contribution in [0.25, 0.3) is 0 Å². The first-order valence-corrected chi connectivity index (χ1v) is 8.84. The number of carbonyl (C=O) groups is 1. The van der Waals surface area contributed by atoms with Gasteiger partial charge in [-0.05, 0) is 38.5 Å². The molecule has 0 spiro atoms. The molecule has 1 aromatic heterocycles. The van der Waals surface area contributed by atoms with Gasteiger partial charge in [-0.15, -0.1) is 10.2 Å². The van der Waals surface area contributed by atoms with E-state index in [9.17, 15) is 4.79 Å². The smallest absolute Gasteiger partial charge is 0.235 e. The van der Waals surface area contributed by atoms with Gasteiger partial charge in [-0.1, -0.05) is 11.8 Å². The summed E-state index contributed by atoms with van der Waals surface area (Å²) in [6.45, 7) is 0. The van der Waals surface area contributed by atoms with Crippen molar-refractivity contribution in [2.24, 2.45) is 5.73 Å². The number of nitrogens with zero attached hydrogens (tertiary/aromatic N) is 3. The SMILES string of the molecule is NC(=O)C(CSc1nnc(C2CC2)n1C1CC1)NC1CC1. The van der Waals surface area contributed by atoms with E-state index in [0.29, 0.717) is 23.8 Å². The Morgan fingerprint density at radius 3 is 2.62 bits per heavy atom. The highest BCUT2D eigenvalue weighted by atomic mass is 32.2. The summed E-state index contributed by atoms with van der Waals surface area (Å²) in [4.78, 5) is 11.5. The Bertz CT molecular complexity index is 548. The van der Waals surface area contributed by atoms with Crippen molar-refractivity contribution in [3.8, 4) is 0 Å². The zero-order valence-electron chi connectivity index (χ0n) is 12.0. The monoisotopic (exact) mass is 307 g/mol. The van der Waals surface area contributed by atoms with E-state index in [1.807, 2.05) is 0 Å². The molecule has 4 rings (SSSR count). The molecule has 1 unspecified atom stereocenters. The topological polar surface area (TPSA) is 85.8 Å². The normalized spacial score (nSPS) is 23.2. The highest BCUT2D eigenvalue weighted by Gasteiger charge is 2.36. The maximum atomic E-state index is 11.5. The lowest BCUT2D eigenvalue weighted by Crippen LogP contribution is -2.44. The Hall–Kier alpha value is -1.08. The molecule has 0 aromatic carbocycles. The summed E-state index contributed by atoms with van der Waals surface area (Å²) >= 11 is 1.61. The van der Waals surface area contributed by atoms with Gasteiger partial charge in [0.05, 0.1) is 6.04 Å². The van der Waals surface area contributed by atoms with Gasteiger partial charge >= 0.3 is 0 Å². The van der Waals surface area contributed by atoms with Crippen LogP contribution in [-0.2, 0) is 4.79 Å². The Kier molecular flexibility index (Phi) is 3.41. The van der Waals surface area contributed by atoms with Crippen LogP contribution in [0.3, 0.4) is 0 Å². The van der Waals surface area contributed by atoms with Crippen LogP contribution in [0.1, 0.15) is 56.3 Å². The second kappa shape index (κ2) is 5.28. The van der Waals surface area contributed by atoms with E-state index in [2.05, 4.69) is 20.1 Å². The number of amides is 1. The Morgan fingerprint density at radius 1 is 1.29 bits per heavy atom. The second-order valence-corrected chi connectivity index (χ2v) is 7.41. The van der Waals surface area contributed by atoms with Crippen molar-refractivity contribution >= 4 is 17.7 Å². The van der Waals surface area contributed by atoms with Crippen molar-refractivity contribution < 1.29 is 4.79 Å². The van der Waals surface area contributed by atoms with Gasteiger partial charge in [0.25, 0.3) is 0 Å². The van der Waals surface area contributed by atoms with Gasteiger partial charge in [0.2, 0.25) is 5.91 Å². The number of hydrogen-bond donors (Lipinski definition) is 2. The van der Waals surface area contributed by atoms with E-state index in [1.54, 1.807) is 11.8 Å². The molecule has 1 aromatic rings. The number of nitrogens with two attached hydrogens (primary N) is 1. The van der Waals surface area contributed by atoms with Crippen LogP contribution in [0.2, 0.25) is 0 Å². The van der Waals surface area contributed by atoms with Crippen molar-refractivity contribution in [2.45, 2.75) is 67.7 Å². The summed E-state index contributed by atoms with van der Waals surface area (Å²) in [5, 5.41) is 13.0. The summed E-state index contributed by atoms with van der Waals surface area (Å²) in [6.07, 6.45) is 7.23. The van der Waals surface area contributed by atoms with Gasteiger partial charge < -0.3 is 15.6 Å². The van der Waals surface area contributed by atoms with E-state index in [4.69, 9.17) is 5.73 Å². The van der Waals surface area contributed by atoms with Crippen molar-refractivity contribution in [1.29, 1.82) is 0 Å². The second-order valence-electron chi connectivity index (χ2n) is 6.42. The molecule has 3 N–H and O–H groups in total. The zero-order chi connectivity index (χ0) is 14.4. The van der Waals surface area contributed by atoms with Gasteiger partial charge in [0.1, 0.15) is 5.82 Å². The molecule has 1 heterocycles. The van der Waals surface area contributed by atoms with Crippen molar-refractivity contribution in [2.75, 3.05) is 5.75 Å². The zero-order valence-corrected chi connectivity index (χ0v) is 12.8. The van der Waals surface area contributed by atoms with E-state index in [0.717, 1.165) is 23.8 Å². The molecule has 1 amide bonds. The third-order valence-electron chi connectivity index (χ3n) is 4.28. The molecule has 0 aliphatic heterocycles. The molecule has 3 aliphatic carbocycles. The van der Waals surface area contributed by atoms with E-state index < -0.39 is 0 Å². The Balaban J connectivity index is 1.44. The number of aromatic nitrogens is 3. The van der Waals surface area contributed by atoms with Crippen LogP contribution in [-0.4, -0.2) is 38.5 Å². The highest BCUT2D eigenvalue weighted by molar-refractivity contribution is 7.99. The average Bonchev–Trinajstić information content (AvgIpc) is 3.33. The van der Waals surface area contributed by atoms with E-state index in [1.165, 1.54) is 25.7 Å². The number of carbonyl (C=O) groups excluding carboxylic acids is 1. The lowest BCUT2D eigenvalue weighted by Gasteiger charge is -2.14. The van der Waals surface area contributed by atoms with Gasteiger partial charge in [-0.2, -0.15) is 0 Å². The standard InChI is InChI=1S/C14H21N5OS/c15-12(20)11(16-9-3-4-9)7-21-14-18-17-13(8-1-2-8)19(14)10-5-6-10/h8-11,16H,1-7H2,(H2,15,20). The molecule has 6 nitrogen and oxygen atoms in total. The summed E-state index contributed by atoms with van der Waals surface area (Å²) in [5.74, 6) is 2.14. The highest BCUT2D eigenvalue weighted by Crippen LogP contribution is 2.46. The average molecular weight is 307 g/mol. The van der Waals surface area contributed by atoms with Crippen molar-refractivity contribution in [3.05, 3.63) is 5.82 Å². The maximum Gasteiger partial charge on any atom is 0.235 e. The minimum Gasteiger partial charge on any atom is -0.368 e. The van der Waals surface area contributed by atoms with Gasteiger partial charge in [0.15, 0.2) is 5.16 Å². The fraction of sp³-hybridized carbons (Fsp3) is 0.786. The Labute approximate surface area is 128 Å². The molecule has 7 heteroatoms. The fourth-order valence-electron chi connectivity index (χ4n) is 2.59. The van der Waals surface area contributed by atoms with Crippen LogP contribution in [0.5, 0.6) is 0 Å². The molecule has 1 atom stereocenters. The summed E-state index contributed by atoms with van der Waals surface area (Å²) in [5.41, 5.74) is 5.49. The molecular formula is C14H21N5OS. The molecule has 0 bridgehead atoms. The summed E-state index contributed by atoms with van der Waals surface area (Å²) in [6, 6.07) is 0.796. The predicted molar refractivity (Wildman–Crippen MR) is 80.1 cm³/mol. The quantitative estimate of drug-likeness (QED) is 0.705. The minimum absolute atomic E-state index is 0.267. The molecule has 3 aliphatic rings. The van der Waals surface area contributed by atoms with Crippen LogP contribution >= 0.6 is 11.8 Å². The fourth-order valence-corrected chi connectivity index (χ4v) is 3.64. The summed E-state index contributed by atoms with van der Waals surface area (Å²) in [7, 11) is 0. The number of thioether (sulfide) groups is 1. The molecular weight excluding hydrogens is 286 g/mol. The number of primary amides is 1. The van der Waals surface area contributed by atoms with Crippen molar-refractivity contribution in [1.82, 2.24) is 20.1 Å². The third kappa shape index (κ3) is 3.08. The molecule has 21 heavy (non-hydrogen) atoms. The lowest BCUT2D eigenvalue weighted by molar-refractivity contribution is -0.119. The first kappa shape index (κ1) is 13.6. The van der Waals surface area contributed by atoms with Crippen molar-refractivity contribution in [3.63, 3.8) is 0 Å². The molecule has 3 saturated carbocycles. The van der Waals surface area contributed by atoms with Crippen LogP contribution in [0, 0.1) is 0 Å². The van der Waals surface area contributed by atoms with Gasteiger partial charge in [0, 0.05) is 23.8 Å². The Morgan fingerprint density at radius 2 is 2.05 bits per heavy atom. The third-order valence-corrected chi connectivity index (χ3v) is 5.32. The summed E-state index contributed by atoms with van der Waals surface area (Å²) < 4.78 is 2.32. The maximum absolute atomic E-state index is 11.5. The number of hydrogen-bond acceptors (Lipinski definition) is 5. The van der Waals surface area contributed by atoms with Crippen LogP contribution < -0.4 is 11.1 Å². The molecule has 3 fully saturated rings. The molecule has 0 radical (unpaired) electrons. The van der Waals surface area contributed by atoms with Gasteiger partial charge in [-0.3, -0.25) is 4.79 Å². The van der Waals surface area contributed by atoms with Crippen LogP contribution in [0.15, 0.2) is 5.16 Å². The minimum atomic E-state index is -0.269. The van der Waals surface area contributed by atoms with Gasteiger partial charge in [-0.25, -0.2) is 0 Å².